The van der Waals surface area contributed by atoms with Crippen molar-refractivity contribution in [1.82, 2.24) is 10.6 Å². The van der Waals surface area contributed by atoms with Crippen LogP contribution < -0.4 is 15.4 Å². The molecule has 0 bridgehead atoms. The van der Waals surface area contributed by atoms with E-state index in [0.717, 1.165) is 17.5 Å². The molecule has 0 aliphatic rings. The van der Waals surface area contributed by atoms with Gasteiger partial charge >= 0.3 is 0 Å². The van der Waals surface area contributed by atoms with Gasteiger partial charge in [-0.3, -0.25) is 0 Å². The van der Waals surface area contributed by atoms with Gasteiger partial charge in [0.05, 0.1) is 7.11 Å². The van der Waals surface area contributed by atoms with Crippen LogP contribution in [-0.2, 0) is 13.0 Å². The highest BCUT2D eigenvalue weighted by Crippen LogP contribution is 2.26. The molecule has 0 amide bonds. The molecule has 0 fully saturated rings. The molecule has 0 aliphatic heterocycles. The first-order valence-electron chi connectivity index (χ1n) is 7.71. The van der Waals surface area contributed by atoms with Crippen LogP contribution in [0.4, 0.5) is 4.39 Å². The van der Waals surface area contributed by atoms with Crippen LogP contribution in [0.3, 0.4) is 0 Å². The van der Waals surface area contributed by atoms with E-state index in [1.165, 1.54) is 13.2 Å². The smallest absolute Gasteiger partial charge is 0.166 e. The minimum absolute atomic E-state index is 0.107. The molecule has 4 nitrogen and oxygen atoms in total. The number of hydrogen-bond acceptors (Lipinski definition) is 3. The van der Waals surface area contributed by atoms with E-state index in [1.807, 2.05) is 6.07 Å². The van der Waals surface area contributed by atoms with E-state index in [-0.39, 0.29) is 11.6 Å². The summed E-state index contributed by atoms with van der Waals surface area (Å²) in [6.45, 7) is 1.19. The molecule has 24 heavy (non-hydrogen) atoms. The fourth-order valence-electron chi connectivity index (χ4n) is 2.26. The summed E-state index contributed by atoms with van der Waals surface area (Å²) < 4.78 is 18.6. The Kier molecular flexibility index (Phi) is 6.81. The fourth-order valence-corrected chi connectivity index (χ4v) is 2.43. The Labute approximate surface area is 146 Å². The van der Waals surface area contributed by atoms with Gasteiger partial charge < -0.3 is 20.5 Å². The fraction of sp³-hybridized carbons (Fsp3) is 0.278. The molecule has 3 N–H and O–H groups in total. The minimum Gasteiger partial charge on any atom is -0.504 e. The van der Waals surface area contributed by atoms with Crippen molar-refractivity contribution in [3.05, 3.63) is 59.4 Å². The molecule has 2 aromatic rings. The van der Waals surface area contributed by atoms with Crippen LogP contribution in [0.5, 0.6) is 11.5 Å². The van der Waals surface area contributed by atoms with E-state index >= 15 is 0 Å². The van der Waals surface area contributed by atoms with Crippen LogP contribution in [-0.4, -0.2) is 23.9 Å². The lowest BCUT2D eigenvalue weighted by Gasteiger charge is -2.12. The number of ether oxygens (including phenoxy) is 1. The number of halogens is 1. The average Bonchev–Trinajstić information content (AvgIpc) is 2.59. The quantitative estimate of drug-likeness (QED) is 0.530. The summed E-state index contributed by atoms with van der Waals surface area (Å²) in [5.41, 5.74) is 1.66. The summed E-state index contributed by atoms with van der Waals surface area (Å²) in [6, 6.07) is 11.9. The first-order chi connectivity index (χ1) is 11.6. The number of hydrogen-bond donors (Lipinski definition) is 3. The van der Waals surface area contributed by atoms with E-state index in [2.05, 4.69) is 10.6 Å². The van der Waals surface area contributed by atoms with Gasteiger partial charge in [0.1, 0.15) is 5.82 Å². The van der Waals surface area contributed by atoms with E-state index in [1.54, 1.807) is 30.3 Å². The third kappa shape index (κ3) is 5.38. The maximum absolute atomic E-state index is 13.5. The van der Waals surface area contributed by atoms with Crippen molar-refractivity contribution in [1.29, 1.82) is 0 Å². The van der Waals surface area contributed by atoms with Crippen LogP contribution in [0.2, 0.25) is 0 Å². The minimum atomic E-state index is -0.167. The Morgan fingerprint density at radius 1 is 1.21 bits per heavy atom. The molecule has 0 radical (unpaired) electrons. The molecule has 0 spiro atoms. The molecule has 0 saturated carbocycles. The van der Waals surface area contributed by atoms with Gasteiger partial charge in [0.2, 0.25) is 0 Å². The predicted molar refractivity (Wildman–Crippen MR) is 96.8 cm³/mol. The normalized spacial score (nSPS) is 10.2. The summed E-state index contributed by atoms with van der Waals surface area (Å²) in [7, 11) is 1.51. The van der Waals surface area contributed by atoms with Gasteiger partial charge in [-0.05, 0) is 54.4 Å². The largest absolute Gasteiger partial charge is 0.504 e. The molecule has 0 aliphatic carbocycles. The van der Waals surface area contributed by atoms with E-state index in [0.29, 0.717) is 30.4 Å². The second-order valence-corrected chi connectivity index (χ2v) is 5.72. The Hall–Kier alpha value is -2.34. The zero-order valence-corrected chi connectivity index (χ0v) is 14.3. The monoisotopic (exact) mass is 348 g/mol. The predicted octanol–water partition coefficient (Wildman–Crippen LogP) is 3.14. The number of aryl methyl sites for hydroxylation is 1. The standard InChI is InChI=1S/C18H21FN2O2S/c1-23-17-11-13(8-9-16(17)22)12-21-18(24)20-10-4-6-14-5-2-3-7-15(14)19/h2-3,5,7-9,11,22H,4,6,10,12H2,1H3,(H2,20,21,24). The van der Waals surface area contributed by atoms with Gasteiger partial charge in [0.25, 0.3) is 0 Å². The summed E-state index contributed by atoms with van der Waals surface area (Å²) >= 11 is 5.22. The number of methoxy groups -OCH3 is 1. The number of aromatic hydroxyl groups is 1. The third-order valence-electron chi connectivity index (χ3n) is 3.56. The molecule has 2 rings (SSSR count). The van der Waals surface area contributed by atoms with E-state index in [4.69, 9.17) is 17.0 Å². The maximum atomic E-state index is 13.5. The second-order valence-electron chi connectivity index (χ2n) is 5.31. The van der Waals surface area contributed by atoms with Crippen molar-refractivity contribution in [3.8, 4) is 11.5 Å². The van der Waals surface area contributed by atoms with Crippen molar-refractivity contribution in [2.45, 2.75) is 19.4 Å². The lowest BCUT2D eigenvalue weighted by Crippen LogP contribution is -2.35. The number of benzene rings is 2. The van der Waals surface area contributed by atoms with E-state index in [9.17, 15) is 9.50 Å². The first kappa shape index (κ1) is 18.0. The van der Waals surface area contributed by atoms with Crippen LogP contribution in [0.15, 0.2) is 42.5 Å². The molecule has 128 valence electrons. The molecule has 0 aromatic heterocycles. The average molecular weight is 348 g/mol. The lowest BCUT2D eigenvalue weighted by atomic mass is 10.1. The van der Waals surface area contributed by atoms with Gasteiger partial charge in [0.15, 0.2) is 16.6 Å². The molecular weight excluding hydrogens is 327 g/mol. The summed E-state index contributed by atoms with van der Waals surface area (Å²) in [6.07, 6.45) is 1.45. The molecule has 0 saturated heterocycles. The summed E-state index contributed by atoms with van der Waals surface area (Å²) in [5, 5.41) is 16.3. The maximum Gasteiger partial charge on any atom is 0.166 e. The highest BCUT2D eigenvalue weighted by atomic mass is 32.1. The van der Waals surface area contributed by atoms with Crippen LogP contribution in [0.1, 0.15) is 17.5 Å². The number of thiocarbonyl (C=S) groups is 1. The van der Waals surface area contributed by atoms with Crippen molar-refractivity contribution in [2.75, 3.05) is 13.7 Å². The first-order valence-corrected chi connectivity index (χ1v) is 8.12. The van der Waals surface area contributed by atoms with Crippen molar-refractivity contribution in [2.24, 2.45) is 0 Å². The van der Waals surface area contributed by atoms with Gasteiger partial charge in [-0.15, -0.1) is 0 Å². The van der Waals surface area contributed by atoms with Crippen molar-refractivity contribution in [3.63, 3.8) is 0 Å². The van der Waals surface area contributed by atoms with Gasteiger partial charge in [-0.25, -0.2) is 4.39 Å². The second kappa shape index (κ2) is 9.08. The van der Waals surface area contributed by atoms with Gasteiger partial charge in [0, 0.05) is 13.1 Å². The molecule has 0 atom stereocenters. The number of nitrogens with one attached hydrogen (secondary N) is 2. The Balaban J connectivity index is 1.69. The number of phenolic OH excluding ortho intramolecular Hbond substituents is 1. The molecule has 2 aromatic carbocycles. The molecule has 0 unspecified atom stereocenters. The van der Waals surface area contributed by atoms with Crippen molar-refractivity contribution >= 4 is 17.3 Å². The summed E-state index contributed by atoms with van der Waals surface area (Å²) in [4.78, 5) is 0. The Bertz CT molecular complexity index is 694. The topological polar surface area (TPSA) is 53.5 Å². The molecule has 0 heterocycles. The highest BCUT2D eigenvalue weighted by molar-refractivity contribution is 7.80. The summed E-state index contributed by atoms with van der Waals surface area (Å²) in [5.74, 6) is 0.368. The molecular formula is C18H21FN2O2S. The van der Waals surface area contributed by atoms with E-state index < -0.39 is 0 Å². The van der Waals surface area contributed by atoms with Gasteiger partial charge in [-0.2, -0.15) is 0 Å². The van der Waals surface area contributed by atoms with Crippen LogP contribution in [0.25, 0.3) is 0 Å². The van der Waals surface area contributed by atoms with Gasteiger partial charge in [-0.1, -0.05) is 24.3 Å². The van der Waals surface area contributed by atoms with Crippen LogP contribution in [0, 0.1) is 5.82 Å². The van der Waals surface area contributed by atoms with Crippen LogP contribution >= 0.6 is 12.2 Å². The SMILES string of the molecule is COc1cc(CNC(=S)NCCCc2ccccc2F)ccc1O. The number of phenols is 1. The lowest BCUT2D eigenvalue weighted by molar-refractivity contribution is 0.373. The Morgan fingerprint density at radius 3 is 2.75 bits per heavy atom. The molecule has 6 heteroatoms. The highest BCUT2D eigenvalue weighted by Gasteiger charge is 2.04. The third-order valence-corrected chi connectivity index (χ3v) is 3.85. The Morgan fingerprint density at radius 2 is 2.00 bits per heavy atom. The number of rotatable bonds is 7. The zero-order chi connectivity index (χ0) is 17.4. The van der Waals surface area contributed by atoms with Crippen molar-refractivity contribution < 1.29 is 14.2 Å². The zero-order valence-electron chi connectivity index (χ0n) is 13.5.